The topological polar surface area (TPSA) is 46.6 Å². The molecule has 1 heterocycles. The highest BCUT2D eigenvalue weighted by molar-refractivity contribution is 5.93. The Balaban J connectivity index is 2.13. The highest BCUT2D eigenvalue weighted by atomic mass is 16.5. The molecule has 1 amide bonds. The first kappa shape index (κ1) is 10.3. The molecule has 1 saturated carbocycles. The Morgan fingerprint density at radius 3 is 2.94 bits per heavy atom. The van der Waals surface area contributed by atoms with Gasteiger partial charge in [0, 0.05) is 19.2 Å². The molecule has 1 fully saturated rings. The molecule has 1 atom stereocenters. The van der Waals surface area contributed by atoms with Crippen molar-refractivity contribution in [2.24, 2.45) is 5.92 Å². The first-order valence-corrected chi connectivity index (χ1v) is 5.61. The third-order valence-electron chi connectivity index (χ3n) is 3.70. The number of aldehydes is 1. The Morgan fingerprint density at radius 2 is 2.29 bits per heavy atom. The summed E-state index contributed by atoms with van der Waals surface area (Å²) in [6.45, 7) is 0. The number of carbonyl (C=O) groups excluding carboxylic acids is 2. The van der Waals surface area contributed by atoms with Crippen molar-refractivity contribution in [2.75, 3.05) is 14.2 Å². The number of ether oxygens (including phenoxy) is 1. The van der Waals surface area contributed by atoms with E-state index in [4.69, 9.17) is 4.74 Å². The molecule has 0 spiro atoms. The maximum Gasteiger partial charge on any atom is 0.234 e. The average Bonchev–Trinajstić information content (AvgIpc) is 3.14. The van der Waals surface area contributed by atoms with Gasteiger partial charge in [0.15, 0.2) is 6.29 Å². The molecule has 0 N–H and O–H groups in total. The number of nitrogens with zero attached hydrogens (tertiary/aromatic N) is 1. The predicted octanol–water partition coefficient (Wildman–Crippen LogP) is 1.16. The van der Waals surface area contributed by atoms with Crippen molar-refractivity contribution in [1.29, 1.82) is 0 Å². The summed E-state index contributed by atoms with van der Waals surface area (Å²) in [4.78, 5) is 24.5. The van der Waals surface area contributed by atoms with Crippen molar-refractivity contribution in [2.45, 2.75) is 12.8 Å². The van der Waals surface area contributed by atoms with Crippen LogP contribution in [0.5, 0.6) is 0 Å². The van der Waals surface area contributed by atoms with E-state index < -0.39 is 0 Å². The second-order valence-electron chi connectivity index (χ2n) is 4.56. The number of allylic oxidation sites excluding steroid dienone is 4. The molecule has 2 aliphatic carbocycles. The van der Waals surface area contributed by atoms with Gasteiger partial charge in [-0.1, -0.05) is 5.57 Å². The lowest BCUT2D eigenvalue weighted by atomic mass is 9.93. The van der Waals surface area contributed by atoms with Gasteiger partial charge in [0.2, 0.25) is 5.91 Å². The van der Waals surface area contributed by atoms with Crippen LogP contribution in [0.4, 0.5) is 0 Å². The van der Waals surface area contributed by atoms with Crippen molar-refractivity contribution in [3.8, 4) is 0 Å². The average molecular weight is 231 g/mol. The predicted molar refractivity (Wildman–Crippen MR) is 60.7 cm³/mol. The molecule has 1 unspecified atom stereocenters. The summed E-state index contributed by atoms with van der Waals surface area (Å²) in [5.74, 6) is 0.920. The van der Waals surface area contributed by atoms with E-state index in [0.29, 0.717) is 17.8 Å². The van der Waals surface area contributed by atoms with Gasteiger partial charge in [-0.3, -0.25) is 9.59 Å². The van der Waals surface area contributed by atoms with Crippen molar-refractivity contribution < 1.29 is 14.3 Å². The molecule has 0 radical (unpaired) electrons. The molecule has 0 aromatic rings. The van der Waals surface area contributed by atoms with E-state index in [1.54, 1.807) is 25.1 Å². The molecule has 3 rings (SSSR count). The van der Waals surface area contributed by atoms with E-state index in [0.717, 1.165) is 18.4 Å². The van der Waals surface area contributed by atoms with Crippen LogP contribution in [0, 0.1) is 5.92 Å². The van der Waals surface area contributed by atoms with Gasteiger partial charge >= 0.3 is 0 Å². The van der Waals surface area contributed by atoms with Gasteiger partial charge < -0.3 is 9.64 Å². The van der Waals surface area contributed by atoms with Gasteiger partial charge in [0.25, 0.3) is 0 Å². The summed E-state index contributed by atoms with van der Waals surface area (Å²) in [6, 6.07) is 0. The Bertz CT molecular complexity index is 525. The zero-order valence-electron chi connectivity index (χ0n) is 9.82. The standard InChI is InChI=1S/C13H13NO3/c1-14-11-3-7(6-15)12(17-2)5-9(11)8-4-10(8)13(14)16/h3,6,10H,4-5H2,1-2H3. The molecule has 88 valence electrons. The smallest absolute Gasteiger partial charge is 0.234 e. The first-order valence-electron chi connectivity index (χ1n) is 5.61. The molecule has 0 aromatic carbocycles. The molecular weight excluding hydrogens is 218 g/mol. The Hall–Kier alpha value is -1.84. The molecule has 1 aliphatic heterocycles. The molecular formula is C13H13NO3. The minimum Gasteiger partial charge on any atom is -0.500 e. The van der Waals surface area contributed by atoms with Crippen LogP contribution in [0.3, 0.4) is 0 Å². The fourth-order valence-electron chi connectivity index (χ4n) is 2.62. The number of methoxy groups -OCH3 is 1. The van der Waals surface area contributed by atoms with Crippen LogP contribution >= 0.6 is 0 Å². The number of fused-ring (bicyclic) bond motifs is 2. The highest BCUT2D eigenvalue weighted by Crippen LogP contribution is 2.51. The third-order valence-corrected chi connectivity index (χ3v) is 3.70. The fourth-order valence-corrected chi connectivity index (χ4v) is 2.62. The minimum atomic E-state index is 0.0861. The zero-order valence-corrected chi connectivity index (χ0v) is 9.82. The molecule has 4 nitrogen and oxygen atoms in total. The summed E-state index contributed by atoms with van der Waals surface area (Å²) < 4.78 is 5.24. The highest BCUT2D eigenvalue weighted by Gasteiger charge is 2.47. The van der Waals surface area contributed by atoms with Gasteiger partial charge in [-0.25, -0.2) is 0 Å². The van der Waals surface area contributed by atoms with Crippen LogP contribution in [-0.4, -0.2) is 31.3 Å². The van der Waals surface area contributed by atoms with Crippen molar-refractivity contribution in [1.82, 2.24) is 4.90 Å². The largest absolute Gasteiger partial charge is 0.500 e. The van der Waals surface area contributed by atoms with Crippen LogP contribution in [0.25, 0.3) is 0 Å². The second-order valence-corrected chi connectivity index (χ2v) is 4.56. The maximum atomic E-state index is 11.9. The number of likely N-dealkylation sites (N-methyl/N-ethyl adjacent to an activating group) is 1. The van der Waals surface area contributed by atoms with Gasteiger partial charge in [0.05, 0.1) is 18.6 Å². The van der Waals surface area contributed by atoms with E-state index in [-0.39, 0.29) is 11.8 Å². The monoisotopic (exact) mass is 231 g/mol. The quantitative estimate of drug-likeness (QED) is 0.670. The molecule has 4 heteroatoms. The number of carbonyl (C=O) groups is 2. The van der Waals surface area contributed by atoms with E-state index in [2.05, 4.69) is 0 Å². The molecule has 0 bridgehead atoms. The Morgan fingerprint density at radius 1 is 1.53 bits per heavy atom. The molecule has 17 heavy (non-hydrogen) atoms. The summed E-state index contributed by atoms with van der Waals surface area (Å²) in [6.07, 6.45) is 4.03. The molecule has 0 saturated heterocycles. The SMILES string of the molecule is COC1=C(C=O)C=C2C(=C3CC3C(=O)N2C)C1. The molecule has 3 aliphatic rings. The lowest BCUT2D eigenvalue weighted by molar-refractivity contribution is -0.129. The van der Waals surface area contributed by atoms with E-state index in [9.17, 15) is 9.59 Å². The lowest BCUT2D eigenvalue weighted by Gasteiger charge is -2.29. The van der Waals surface area contributed by atoms with Crippen molar-refractivity contribution in [3.63, 3.8) is 0 Å². The summed E-state index contributed by atoms with van der Waals surface area (Å²) in [5, 5.41) is 0. The fraction of sp³-hybridized carbons (Fsp3) is 0.385. The Kier molecular flexibility index (Phi) is 2.02. The van der Waals surface area contributed by atoms with Crippen molar-refractivity contribution >= 4 is 12.2 Å². The zero-order chi connectivity index (χ0) is 12.2. The molecule has 0 aromatic heterocycles. The van der Waals surface area contributed by atoms with E-state index >= 15 is 0 Å². The van der Waals surface area contributed by atoms with Crippen LogP contribution in [-0.2, 0) is 14.3 Å². The van der Waals surface area contributed by atoms with Crippen molar-refractivity contribution in [3.05, 3.63) is 34.3 Å². The lowest BCUT2D eigenvalue weighted by Crippen LogP contribution is -2.32. The van der Waals surface area contributed by atoms with Gasteiger partial charge in [-0.05, 0) is 18.1 Å². The third kappa shape index (κ3) is 1.30. The Labute approximate surface area is 99.2 Å². The van der Waals surface area contributed by atoms with Crippen LogP contribution < -0.4 is 0 Å². The summed E-state index contributed by atoms with van der Waals surface area (Å²) >= 11 is 0. The first-order chi connectivity index (χ1) is 8.17. The minimum absolute atomic E-state index is 0.0861. The summed E-state index contributed by atoms with van der Waals surface area (Å²) in [5.41, 5.74) is 3.78. The van der Waals surface area contributed by atoms with Crippen LogP contribution in [0.15, 0.2) is 34.3 Å². The maximum absolute atomic E-state index is 11.9. The normalized spacial score (nSPS) is 26.5. The number of rotatable bonds is 2. The number of amides is 1. The summed E-state index contributed by atoms with van der Waals surface area (Å²) in [7, 11) is 3.34. The second kappa shape index (κ2) is 3.32. The van der Waals surface area contributed by atoms with Gasteiger partial charge in [-0.15, -0.1) is 0 Å². The van der Waals surface area contributed by atoms with E-state index in [1.165, 1.54) is 11.1 Å². The van der Waals surface area contributed by atoms with Crippen LogP contribution in [0.1, 0.15) is 12.8 Å². The van der Waals surface area contributed by atoms with E-state index in [1.807, 2.05) is 0 Å². The van der Waals surface area contributed by atoms with Gasteiger partial charge in [0.1, 0.15) is 5.76 Å². The number of hydrogen-bond donors (Lipinski definition) is 0. The van der Waals surface area contributed by atoms with Gasteiger partial charge in [-0.2, -0.15) is 0 Å². The number of hydrogen-bond acceptors (Lipinski definition) is 3. The van der Waals surface area contributed by atoms with Crippen LogP contribution in [0.2, 0.25) is 0 Å².